The van der Waals surface area contributed by atoms with Crippen LogP contribution in [0.4, 0.5) is 5.13 Å². The quantitative estimate of drug-likeness (QED) is 0.687. The molecule has 1 heterocycles. The van der Waals surface area contributed by atoms with Crippen LogP contribution in [0.2, 0.25) is 0 Å². The van der Waals surface area contributed by atoms with Crippen molar-refractivity contribution in [2.24, 2.45) is 0 Å². The average Bonchev–Trinajstić information content (AvgIpc) is 3.01. The van der Waals surface area contributed by atoms with Gasteiger partial charge in [-0.05, 0) is 36.4 Å². The molecule has 7 nitrogen and oxygen atoms in total. The summed E-state index contributed by atoms with van der Waals surface area (Å²) in [5, 5.41) is 2.99. The Kier molecular flexibility index (Phi) is 4.75. The molecular formula is C17H14N2O5S2. The number of nitrogens with one attached hydrogen (secondary N) is 1. The third-order valence-corrected chi connectivity index (χ3v) is 5.60. The zero-order chi connectivity index (χ0) is 18.9. The average molecular weight is 390 g/mol. The molecule has 1 amide bonds. The molecule has 0 aliphatic carbocycles. The summed E-state index contributed by atoms with van der Waals surface area (Å²) in [6.45, 7) is 0. The van der Waals surface area contributed by atoms with E-state index in [9.17, 15) is 18.0 Å². The molecule has 0 saturated heterocycles. The summed E-state index contributed by atoms with van der Waals surface area (Å²) in [4.78, 5) is 28.4. The van der Waals surface area contributed by atoms with Crippen LogP contribution in [-0.4, -0.2) is 38.6 Å². The lowest BCUT2D eigenvalue weighted by molar-refractivity contribution is 0.0600. The van der Waals surface area contributed by atoms with Crippen molar-refractivity contribution in [1.29, 1.82) is 0 Å². The van der Waals surface area contributed by atoms with Gasteiger partial charge in [0.05, 0.1) is 27.8 Å². The largest absolute Gasteiger partial charge is 0.465 e. The van der Waals surface area contributed by atoms with E-state index in [1.54, 1.807) is 24.3 Å². The highest BCUT2D eigenvalue weighted by atomic mass is 32.2. The molecule has 0 saturated carbocycles. The van der Waals surface area contributed by atoms with Crippen LogP contribution in [0.3, 0.4) is 0 Å². The van der Waals surface area contributed by atoms with Crippen molar-refractivity contribution in [1.82, 2.24) is 4.98 Å². The first kappa shape index (κ1) is 18.0. The van der Waals surface area contributed by atoms with E-state index in [4.69, 9.17) is 0 Å². The highest BCUT2D eigenvalue weighted by Crippen LogP contribution is 2.28. The lowest BCUT2D eigenvalue weighted by Crippen LogP contribution is -2.12. The maximum absolute atomic E-state index is 12.4. The number of amides is 1. The fraction of sp³-hybridized carbons (Fsp3) is 0.118. The molecular weight excluding hydrogens is 376 g/mol. The summed E-state index contributed by atoms with van der Waals surface area (Å²) in [5.41, 5.74) is 1.13. The molecule has 0 aliphatic heterocycles. The molecule has 3 aromatic rings. The van der Waals surface area contributed by atoms with Crippen molar-refractivity contribution in [3.05, 3.63) is 53.6 Å². The summed E-state index contributed by atoms with van der Waals surface area (Å²) in [5.74, 6) is -0.967. The van der Waals surface area contributed by atoms with E-state index in [-0.39, 0.29) is 16.0 Å². The number of nitrogens with zero attached hydrogens (tertiary/aromatic N) is 1. The van der Waals surface area contributed by atoms with Gasteiger partial charge in [-0.1, -0.05) is 17.4 Å². The number of hydrogen-bond donors (Lipinski definition) is 1. The second kappa shape index (κ2) is 6.85. The number of thiazole rings is 1. The summed E-state index contributed by atoms with van der Waals surface area (Å²) in [6, 6.07) is 10.7. The first-order valence-corrected chi connectivity index (χ1v) is 10.1. The first-order chi connectivity index (χ1) is 12.3. The maximum Gasteiger partial charge on any atom is 0.337 e. The lowest BCUT2D eigenvalue weighted by Gasteiger charge is -2.03. The number of carbonyl (C=O) groups is 2. The fourth-order valence-corrected chi connectivity index (χ4v) is 3.89. The van der Waals surface area contributed by atoms with Gasteiger partial charge in [0.25, 0.3) is 5.91 Å². The molecule has 0 radical (unpaired) electrons. The lowest BCUT2D eigenvalue weighted by atomic mass is 10.1. The zero-order valence-corrected chi connectivity index (χ0v) is 15.5. The predicted octanol–water partition coefficient (Wildman–Crippen LogP) is 2.74. The Hall–Kier alpha value is -2.78. The Morgan fingerprint density at radius 2 is 1.85 bits per heavy atom. The maximum atomic E-state index is 12.4. The molecule has 1 N–H and O–H groups in total. The minimum absolute atomic E-state index is 0.192. The van der Waals surface area contributed by atoms with Gasteiger partial charge in [0.1, 0.15) is 0 Å². The van der Waals surface area contributed by atoms with Crippen LogP contribution in [0.1, 0.15) is 20.7 Å². The van der Waals surface area contributed by atoms with Gasteiger partial charge in [-0.15, -0.1) is 0 Å². The van der Waals surface area contributed by atoms with Crippen molar-refractivity contribution >= 4 is 48.4 Å². The second-order valence-electron chi connectivity index (χ2n) is 5.45. The molecule has 0 atom stereocenters. The van der Waals surface area contributed by atoms with E-state index in [0.29, 0.717) is 15.3 Å². The molecule has 3 rings (SSSR count). The van der Waals surface area contributed by atoms with E-state index in [1.165, 1.54) is 36.6 Å². The van der Waals surface area contributed by atoms with Gasteiger partial charge in [-0.3, -0.25) is 10.1 Å². The number of carbonyl (C=O) groups excluding carboxylic acids is 2. The van der Waals surface area contributed by atoms with Crippen LogP contribution < -0.4 is 5.32 Å². The molecule has 9 heteroatoms. The van der Waals surface area contributed by atoms with Gasteiger partial charge >= 0.3 is 5.97 Å². The molecule has 1 aromatic heterocycles. The van der Waals surface area contributed by atoms with Gasteiger partial charge in [-0.25, -0.2) is 18.2 Å². The number of ether oxygens (including phenoxy) is 1. The van der Waals surface area contributed by atoms with E-state index in [0.717, 1.165) is 6.26 Å². The van der Waals surface area contributed by atoms with Crippen LogP contribution in [0.5, 0.6) is 0 Å². The Labute approximate surface area is 153 Å². The predicted molar refractivity (Wildman–Crippen MR) is 98.5 cm³/mol. The fourth-order valence-electron chi connectivity index (χ4n) is 2.26. The second-order valence-corrected chi connectivity index (χ2v) is 8.49. The minimum Gasteiger partial charge on any atom is -0.465 e. The Morgan fingerprint density at radius 3 is 2.54 bits per heavy atom. The standard InChI is InChI=1S/C17H14N2O5S2/c1-24-16(21)11-5-3-4-10(8-11)15(20)19-17-18-13-7-6-12(26(2,22)23)9-14(13)25-17/h3-9H,1-2H3,(H,18,19,20). The topological polar surface area (TPSA) is 102 Å². The molecule has 0 spiro atoms. The zero-order valence-electron chi connectivity index (χ0n) is 13.8. The van der Waals surface area contributed by atoms with Crippen LogP contribution in [0.25, 0.3) is 10.2 Å². The smallest absolute Gasteiger partial charge is 0.337 e. The van der Waals surface area contributed by atoms with E-state index < -0.39 is 21.7 Å². The van der Waals surface area contributed by atoms with E-state index in [2.05, 4.69) is 15.0 Å². The highest BCUT2D eigenvalue weighted by Gasteiger charge is 2.14. The number of rotatable bonds is 4. The normalized spacial score (nSPS) is 11.3. The number of benzene rings is 2. The Balaban J connectivity index is 1.87. The summed E-state index contributed by atoms with van der Waals surface area (Å²) >= 11 is 1.17. The SMILES string of the molecule is COC(=O)c1cccc(C(=O)Nc2nc3ccc(S(C)(=O)=O)cc3s2)c1. The first-order valence-electron chi connectivity index (χ1n) is 7.38. The molecule has 0 fully saturated rings. The number of anilines is 1. The van der Waals surface area contributed by atoms with Gasteiger partial charge in [0.2, 0.25) is 0 Å². The Morgan fingerprint density at radius 1 is 1.12 bits per heavy atom. The van der Waals surface area contributed by atoms with E-state index in [1.807, 2.05) is 0 Å². The van der Waals surface area contributed by atoms with Crippen molar-refractivity contribution in [3.63, 3.8) is 0 Å². The van der Waals surface area contributed by atoms with Gasteiger partial charge in [0.15, 0.2) is 15.0 Å². The van der Waals surface area contributed by atoms with Crippen molar-refractivity contribution < 1.29 is 22.7 Å². The number of hydrogen-bond acceptors (Lipinski definition) is 7. The molecule has 0 bridgehead atoms. The van der Waals surface area contributed by atoms with Crippen LogP contribution in [0, 0.1) is 0 Å². The third kappa shape index (κ3) is 3.73. The molecule has 0 aliphatic rings. The molecule has 134 valence electrons. The molecule has 26 heavy (non-hydrogen) atoms. The van der Waals surface area contributed by atoms with Gasteiger partial charge < -0.3 is 4.74 Å². The number of sulfone groups is 1. The number of methoxy groups -OCH3 is 1. The number of esters is 1. The summed E-state index contributed by atoms with van der Waals surface area (Å²) < 4.78 is 28.6. The minimum atomic E-state index is -3.32. The van der Waals surface area contributed by atoms with Crippen molar-refractivity contribution in [2.75, 3.05) is 18.7 Å². The number of fused-ring (bicyclic) bond motifs is 1. The van der Waals surface area contributed by atoms with Gasteiger partial charge in [0, 0.05) is 11.8 Å². The number of aromatic nitrogens is 1. The van der Waals surface area contributed by atoms with Crippen molar-refractivity contribution in [3.8, 4) is 0 Å². The summed E-state index contributed by atoms with van der Waals surface area (Å²) in [7, 11) is -2.05. The monoisotopic (exact) mass is 390 g/mol. The van der Waals surface area contributed by atoms with Crippen LogP contribution in [0.15, 0.2) is 47.4 Å². The summed E-state index contributed by atoms with van der Waals surface area (Å²) in [6.07, 6.45) is 1.13. The van der Waals surface area contributed by atoms with E-state index >= 15 is 0 Å². The van der Waals surface area contributed by atoms with Crippen LogP contribution >= 0.6 is 11.3 Å². The molecule has 0 unspecified atom stereocenters. The Bertz CT molecular complexity index is 1120. The van der Waals surface area contributed by atoms with Crippen molar-refractivity contribution in [2.45, 2.75) is 4.90 Å². The molecule has 2 aromatic carbocycles. The third-order valence-electron chi connectivity index (χ3n) is 3.55. The van der Waals surface area contributed by atoms with Gasteiger partial charge in [-0.2, -0.15) is 0 Å². The van der Waals surface area contributed by atoms with Crippen LogP contribution in [-0.2, 0) is 14.6 Å². The highest BCUT2D eigenvalue weighted by molar-refractivity contribution is 7.90.